The molecule has 1 unspecified atom stereocenters. The molecule has 2 fully saturated rings. The summed E-state index contributed by atoms with van der Waals surface area (Å²) in [6.45, 7) is 6.15. The minimum Gasteiger partial charge on any atom is -0.300 e. The minimum atomic E-state index is 0.271. The molecule has 1 nitrogen and oxygen atoms in total. The number of Topliss-reactive ketones (excluding diaryl/α,β-unsaturated/α-hetero) is 1. The number of rotatable bonds is 7. The fourth-order valence-corrected chi connectivity index (χ4v) is 5.37. The lowest BCUT2D eigenvalue weighted by atomic mass is 9.79. The summed E-state index contributed by atoms with van der Waals surface area (Å²) in [6, 6.07) is 0. The van der Waals surface area contributed by atoms with Gasteiger partial charge in [0, 0.05) is 18.8 Å². The van der Waals surface area contributed by atoms with Gasteiger partial charge in [0.2, 0.25) is 0 Å². The maximum atomic E-state index is 12.8. The summed E-state index contributed by atoms with van der Waals surface area (Å²) in [5.74, 6) is 2.07. The molecule has 2 saturated carbocycles. The van der Waals surface area contributed by atoms with Crippen LogP contribution >= 0.6 is 0 Å². The first-order chi connectivity index (χ1) is 12.7. The van der Waals surface area contributed by atoms with Gasteiger partial charge >= 0.3 is 0 Å². The summed E-state index contributed by atoms with van der Waals surface area (Å²) in [5, 5.41) is 0. The van der Waals surface area contributed by atoms with E-state index in [1.165, 1.54) is 80.9 Å². The molecule has 0 aromatic rings. The first-order valence-electron chi connectivity index (χ1n) is 11.0. The van der Waals surface area contributed by atoms with Gasteiger partial charge in [-0.15, -0.1) is 0 Å². The van der Waals surface area contributed by atoms with Gasteiger partial charge in [-0.25, -0.2) is 0 Å². The number of hydrogen-bond acceptors (Lipinski definition) is 1. The smallest absolute Gasteiger partial charge is 0.134 e. The van der Waals surface area contributed by atoms with Gasteiger partial charge in [0.15, 0.2) is 0 Å². The van der Waals surface area contributed by atoms with Crippen LogP contribution < -0.4 is 0 Å². The average molecular weight is 353 g/mol. The van der Waals surface area contributed by atoms with Crippen molar-refractivity contribution in [2.75, 3.05) is 0 Å². The van der Waals surface area contributed by atoms with Crippen LogP contribution in [0.4, 0.5) is 0 Å². The lowest BCUT2D eigenvalue weighted by Crippen LogP contribution is -2.16. The molecule has 3 aliphatic rings. The summed E-state index contributed by atoms with van der Waals surface area (Å²) >= 11 is 0. The molecule has 26 heavy (non-hydrogen) atoms. The monoisotopic (exact) mass is 352 g/mol. The maximum Gasteiger partial charge on any atom is 0.134 e. The highest BCUT2D eigenvalue weighted by Crippen LogP contribution is 2.42. The fraction of sp³-hybridized carbons (Fsp3) is 0.640. The minimum absolute atomic E-state index is 0.271. The molecule has 0 aromatic carbocycles. The van der Waals surface area contributed by atoms with Crippen molar-refractivity contribution in [2.45, 2.75) is 84.0 Å². The van der Waals surface area contributed by atoms with Crippen molar-refractivity contribution in [1.82, 2.24) is 0 Å². The molecule has 0 N–H and O–H groups in total. The van der Waals surface area contributed by atoms with Crippen LogP contribution in [0.1, 0.15) is 84.0 Å². The van der Waals surface area contributed by atoms with Gasteiger partial charge in [-0.2, -0.15) is 0 Å². The molecule has 3 aliphatic carbocycles. The SMILES string of the molecule is C=C/C(=C\C)C1=C(C2CCCCC2)C=CC1CC(=O)CC1CCCCC1. The number of carbonyl (C=O) groups is 1. The van der Waals surface area contributed by atoms with Crippen molar-refractivity contribution >= 4 is 5.78 Å². The van der Waals surface area contributed by atoms with Crippen molar-refractivity contribution in [3.05, 3.63) is 47.6 Å². The Labute approximate surface area is 160 Å². The molecule has 0 aromatic heterocycles. The van der Waals surface area contributed by atoms with E-state index in [-0.39, 0.29) is 5.92 Å². The zero-order valence-corrected chi connectivity index (χ0v) is 16.6. The molecule has 0 bridgehead atoms. The second-order valence-electron chi connectivity index (χ2n) is 8.57. The lowest BCUT2D eigenvalue weighted by molar-refractivity contribution is -0.120. The molecule has 3 rings (SSSR count). The lowest BCUT2D eigenvalue weighted by Gasteiger charge is -2.26. The van der Waals surface area contributed by atoms with Crippen molar-refractivity contribution < 1.29 is 4.79 Å². The highest BCUT2D eigenvalue weighted by Gasteiger charge is 2.29. The summed E-state index contributed by atoms with van der Waals surface area (Å²) in [4.78, 5) is 12.8. The highest BCUT2D eigenvalue weighted by molar-refractivity contribution is 5.80. The second-order valence-corrected chi connectivity index (χ2v) is 8.57. The van der Waals surface area contributed by atoms with Crippen LogP contribution in [0.15, 0.2) is 47.6 Å². The van der Waals surface area contributed by atoms with Gasteiger partial charge in [-0.05, 0) is 48.3 Å². The van der Waals surface area contributed by atoms with E-state index in [2.05, 4.69) is 31.7 Å². The quantitative estimate of drug-likeness (QED) is 0.446. The van der Waals surface area contributed by atoms with Gasteiger partial charge in [-0.3, -0.25) is 4.79 Å². The Morgan fingerprint density at radius 3 is 2.31 bits per heavy atom. The summed E-state index contributed by atoms with van der Waals surface area (Å²) in [6.07, 6.45) is 23.5. The topological polar surface area (TPSA) is 17.1 Å². The number of carbonyl (C=O) groups excluding carboxylic acids is 1. The van der Waals surface area contributed by atoms with E-state index < -0.39 is 0 Å². The van der Waals surface area contributed by atoms with Gasteiger partial charge < -0.3 is 0 Å². The molecule has 1 atom stereocenters. The average Bonchev–Trinajstić information content (AvgIpc) is 3.08. The molecular formula is C25H36O. The van der Waals surface area contributed by atoms with Crippen LogP contribution in [0.3, 0.4) is 0 Å². The third-order valence-electron chi connectivity index (χ3n) is 6.77. The van der Waals surface area contributed by atoms with Crippen LogP contribution in [0, 0.1) is 17.8 Å². The van der Waals surface area contributed by atoms with E-state index in [0.29, 0.717) is 24.0 Å². The standard InChI is InChI=1S/C25H36O/c1-3-20(4-2)25-22(15-16-24(25)21-13-9-6-10-14-21)18-23(26)17-19-11-7-5-8-12-19/h3-4,15-16,19,21-22H,1,5-14,17-18H2,2H3/b20-4+. The Balaban J connectivity index is 1.72. The second kappa shape index (κ2) is 9.53. The van der Waals surface area contributed by atoms with Crippen molar-refractivity contribution in [3.63, 3.8) is 0 Å². The van der Waals surface area contributed by atoms with E-state index in [0.717, 1.165) is 6.42 Å². The largest absolute Gasteiger partial charge is 0.300 e. The van der Waals surface area contributed by atoms with Crippen LogP contribution in [0.25, 0.3) is 0 Å². The van der Waals surface area contributed by atoms with Gasteiger partial charge in [0.25, 0.3) is 0 Å². The van der Waals surface area contributed by atoms with E-state index in [4.69, 9.17) is 0 Å². The molecular weight excluding hydrogens is 316 g/mol. The van der Waals surface area contributed by atoms with Gasteiger partial charge in [0.1, 0.15) is 5.78 Å². The fourth-order valence-electron chi connectivity index (χ4n) is 5.37. The Bertz CT molecular complexity index is 592. The molecule has 1 heteroatoms. The number of hydrogen-bond donors (Lipinski definition) is 0. The predicted octanol–water partition coefficient (Wildman–Crippen LogP) is 7.11. The Morgan fingerprint density at radius 2 is 1.69 bits per heavy atom. The van der Waals surface area contributed by atoms with Crippen molar-refractivity contribution in [1.29, 1.82) is 0 Å². The third-order valence-corrected chi connectivity index (χ3v) is 6.77. The predicted molar refractivity (Wildman–Crippen MR) is 111 cm³/mol. The highest BCUT2D eigenvalue weighted by atomic mass is 16.1. The first kappa shape index (κ1) is 19.4. The Kier molecular flexibility index (Phi) is 7.11. The van der Waals surface area contributed by atoms with Crippen LogP contribution in [0.2, 0.25) is 0 Å². The summed E-state index contributed by atoms with van der Waals surface area (Å²) in [7, 11) is 0. The molecule has 0 spiro atoms. The molecule has 0 heterocycles. The third kappa shape index (κ3) is 4.67. The van der Waals surface area contributed by atoms with Crippen LogP contribution in [0.5, 0.6) is 0 Å². The van der Waals surface area contributed by atoms with E-state index in [1.807, 2.05) is 6.08 Å². The zero-order chi connectivity index (χ0) is 18.4. The summed E-state index contributed by atoms with van der Waals surface area (Å²) in [5.41, 5.74) is 4.16. The summed E-state index contributed by atoms with van der Waals surface area (Å²) < 4.78 is 0. The molecule has 0 radical (unpaired) electrons. The van der Waals surface area contributed by atoms with Crippen LogP contribution in [-0.2, 0) is 4.79 Å². The van der Waals surface area contributed by atoms with Gasteiger partial charge in [0.05, 0.1) is 0 Å². The Morgan fingerprint density at radius 1 is 1.04 bits per heavy atom. The maximum absolute atomic E-state index is 12.8. The normalized spacial score (nSPS) is 25.7. The number of allylic oxidation sites excluding steroid dienone is 7. The molecule has 0 aliphatic heterocycles. The molecule has 0 amide bonds. The van der Waals surface area contributed by atoms with Crippen molar-refractivity contribution in [2.24, 2.45) is 17.8 Å². The van der Waals surface area contributed by atoms with E-state index in [9.17, 15) is 4.79 Å². The molecule has 142 valence electrons. The van der Waals surface area contributed by atoms with Crippen molar-refractivity contribution in [3.8, 4) is 0 Å². The van der Waals surface area contributed by atoms with E-state index in [1.54, 1.807) is 0 Å². The van der Waals surface area contributed by atoms with Gasteiger partial charge in [-0.1, -0.05) is 82.2 Å². The zero-order valence-electron chi connectivity index (χ0n) is 16.6. The molecule has 0 saturated heterocycles. The van der Waals surface area contributed by atoms with E-state index >= 15 is 0 Å². The number of ketones is 1. The Hall–Kier alpha value is -1.37. The first-order valence-corrected chi connectivity index (χ1v) is 11.0. The van der Waals surface area contributed by atoms with Crippen LogP contribution in [-0.4, -0.2) is 5.78 Å².